The fourth-order valence-electron chi connectivity index (χ4n) is 7.28. The largest absolute Gasteiger partial charge is 0.299 e. The predicted octanol–water partition coefficient (Wildman–Crippen LogP) is 5.40. The molecule has 0 saturated heterocycles. The number of allylic oxidation sites excluding steroid dienone is 1. The van der Waals surface area contributed by atoms with Gasteiger partial charge in [0.1, 0.15) is 5.78 Å². The fourth-order valence-corrected chi connectivity index (χ4v) is 7.28. The van der Waals surface area contributed by atoms with E-state index in [-0.39, 0.29) is 5.41 Å². The Morgan fingerprint density at radius 2 is 1.86 bits per heavy atom. The summed E-state index contributed by atoms with van der Waals surface area (Å²) in [5.41, 5.74) is 0.595. The first-order valence-corrected chi connectivity index (χ1v) is 9.65. The van der Waals surface area contributed by atoms with E-state index in [1.165, 1.54) is 51.4 Å². The minimum Gasteiger partial charge on any atom is -0.299 e. The van der Waals surface area contributed by atoms with Crippen LogP contribution < -0.4 is 0 Å². The first-order chi connectivity index (χ1) is 10.5. The van der Waals surface area contributed by atoms with Crippen molar-refractivity contribution in [3.63, 3.8) is 0 Å². The second kappa shape index (κ2) is 4.95. The number of hydrogen-bond donors (Lipinski definition) is 0. The maximum atomic E-state index is 12.4. The van der Waals surface area contributed by atoms with E-state index in [9.17, 15) is 4.79 Å². The van der Waals surface area contributed by atoms with Crippen molar-refractivity contribution < 1.29 is 4.79 Å². The van der Waals surface area contributed by atoms with Crippen molar-refractivity contribution >= 4 is 5.78 Å². The van der Waals surface area contributed by atoms with Crippen molar-refractivity contribution in [3.8, 4) is 0 Å². The monoisotopic (exact) mass is 300 g/mol. The van der Waals surface area contributed by atoms with E-state index in [2.05, 4.69) is 26.5 Å². The van der Waals surface area contributed by atoms with E-state index in [4.69, 9.17) is 0 Å². The second-order valence-electron chi connectivity index (χ2n) is 9.35. The van der Waals surface area contributed by atoms with Crippen LogP contribution in [-0.4, -0.2) is 5.78 Å². The molecule has 4 aliphatic carbocycles. The third kappa shape index (κ3) is 1.86. The molecule has 1 nitrogen and oxygen atoms in total. The number of carbonyl (C=O) groups is 1. The molecule has 122 valence electrons. The van der Waals surface area contributed by atoms with E-state index < -0.39 is 0 Å². The lowest BCUT2D eigenvalue weighted by molar-refractivity contribution is -0.139. The molecule has 4 saturated carbocycles. The summed E-state index contributed by atoms with van der Waals surface area (Å²) >= 11 is 0. The van der Waals surface area contributed by atoms with E-state index in [1.807, 2.05) is 0 Å². The molecule has 0 aliphatic heterocycles. The molecule has 0 aromatic rings. The van der Waals surface area contributed by atoms with Crippen LogP contribution >= 0.6 is 0 Å². The molecule has 0 radical (unpaired) electrons. The Balaban J connectivity index is 1.61. The maximum Gasteiger partial charge on any atom is 0.139 e. The number of fused-ring (bicyclic) bond motifs is 5. The van der Waals surface area contributed by atoms with Crippen LogP contribution in [0.3, 0.4) is 0 Å². The zero-order valence-corrected chi connectivity index (χ0v) is 14.4. The molecule has 0 N–H and O–H groups in total. The molecule has 22 heavy (non-hydrogen) atoms. The topological polar surface area (TPSA) is 17.1 Å². The summed E-state index contributed by atoms with van der Waals surface area (Å²) < 4.78 is 0. The summed E-state index contributed by atoms with van der Waals surface area (Å²) in [6.07, 6.45) is 13.7. The van der Waals surface area contributed by atoms with Gasteiger partial charge in [-0.15, -0.1) is 6.58 Å². The van der Waals surface area contributed by atoms with Gasteiger partial charge in [-0.1, -0.05) is 19.9 Å². The molecule has 0 aromatic heterocycles. The highest BCUT2D eigenvalue weighted by atomic mass is 16.1. The van der Waals surface area contributed by atoms with Crippen LogP contribution in [-0.2, 0) is 4.79 Å². The molecular formula is C21H32O. The summed E-state index contributed by atoms with van der Waals surface area (Å²) in [7, 11) is 0. The lowest BCUT2D eigenvalue weighted by atomic mass is 9.44. The summed E-state index contributed by atoms with van der Waals surface area (Å²) in [6.45, 7) is 8.95. The van der Waals surface area contributed by atoms with Gasteiger partial charge in [0.2, 0.25) is 0 Å². The highest BCUT2D eigenvalue weighted by Crippen LogP contribution is 2.65. The van der Waals surface area contributed by atoms with Gasteiger partial charge in [-0.05, 0) is 86.4 Å². The molecule has 4 aliphatic rings. The average molecular weight is 300 g/mol. The van der Waals surface area contributed by atoms with Gasteiger partial charge in [0.15, 0.2) is 0 Å². The Hall–Kier alpha value is -0.590. The SMILES string of the molecule is C=CC1CC[C@@]2(C)C(CC[C@@H]3[C@H]2CC[C@]2(C)C(=O)CC[C@@H]32)C1. The van der Waals surface area contributed by atoms with E-state index in [0.717, 1.165) is 30.1 Å². The van der Waals surface area contributed by atoms with Crippen LogP contribution in [0.2, 0.25) is 0 Å². The normalized spacial score (nSPS) is 54.3. The molecule has 2 unspecified atom stereocenters. The number of ketones is 1. The van der Waals surface area contributed by atoms with Crippen molar-refractivity contribution in [1.29, 1.82) is 0 Å². The zero-order chi connectivity index (χ0) is 15.5. The van der Waals surface area contributed by atoms with Gasteiger partial charge in [-0.2, -0.15) is 0 Å². The van der Waals surface area contributed by atoms with Gasteiger partial charge in [-0.25, -0.2) is 0 Å². The van der Waals surface area contributed by atoms with Crippen molar-refractivity contribution in [3.05, 3.63) is 12.7 Å². The smallest absolute Gasteiger partial charge is 0.139 e. The van der Waals surface area contributed by atoms with Crippen LogP contribution in [0.1, 0.15) is 71.6 Å². The lowest BCUT2D eigenvalue weighted by Gasteiger charge is -2.60. The highest BCUT2D eigenvalue weighted by Gasteiger charge is 2.59. The maximum absolute atomic E-state index is 12.4. The third-order valence-corrected chi connectivity index (χ3v) is 8.75. The number of hydrogen-bond acceptors (Lipinski definition) is 1. The van der Waals surface area contributed by atoms with Crippen molar-refractivity contribution in [2.24, 2.45) is 40.4 Å². The van der Waals surface area contributed by atoms with Gasteiger partial charge in [0.05, 0.1) is 0 Å². The molecule has 0 spiro atoms. The predicted molar refractivity (Wildman–Crippen MR) is 90.4 cm³/mol. The number of Topliss-reactive ketones (excluding diaryl/α,β-unsaturated/α-hetero) is 1. The molecule has 4 fully saturated rings. The molecule has 0 heterocycles. The van der Waals surface area contributed by atoms with E-state index in [1.54, 1.807) is 0 Å². The molecule has 0 bridgehead atoms. The minimum atomic E-state index is 0.0443. The van der Waals surface area contributed by atoms with E-state index >= 15 is 0 Å². The molecule has 0 amide bonds. The van der Waals surface area contributed by atoms with Crippen LogP contribution in [0.4, 0.5) is 0 Å². The van der Waals surface area contributed by atoms with Crippen LogP contribution in [0.15, 0.2) is 12.7 Å². The summed E-state index contributed by atoms with van der Waals surface area (Å²) in [5.74, 6) is 4.68. The van der Waals surface area contributed by atoms with Crippen LogP contribution in [0, 0.1) is 40.4 Å². The summed E-state index contributed by atoms with van der Waals surface area (Å²) in [4.78, 5) is 12.4. The first-order valence-electron chi connectivity index (χ1n) is 9.65. The molecule has 1 heteroatoms. The van der Waals surface area contributed by atoms with Crippen LogP contribution in [0.25, 0.3) is 0 Å². The zero-order valence-electron chi connectivity index (χ0n) is 14.4. The van der Waals surface area contributed by atoms with Gasteiger partial charge in [0.25, 0.3) is 0 Å². The van der Waals surface area contributed by atoms with Gasteiger partial charge in [-0.3, -0.25) is 4.79 Å². The minimum absolute atomic E-state index is 0.0443. The summed E-state index contributed by atoms with van der Waals surface area (Å²) in [6, 6.07) is 0. The second-order valence-corrected chi connectivity index (χ2v) is 9.35. The standard InChI is InChI=1S/C21H32O/c1-4-14-9-11-20(2)15(13-14)5-6-16-17-7-8-19(22)21(17,3)12-10-18(16)20/h4,14-18H,1,5-13H2,2-3H3/t14?,15?,16-,17-,18+,20-,21-/m0/s1. The Morgan fingerprint density at radius 3 is 2.64 bits per heavy atom. The lowest BCUT2D eigenvalue weighted by Crippen LogP contribution is -2.53. The Bertz CT molecular complexity index is 494. The number of rotatable bonds is 1. The molecule has 0 aromatic carbocycles. The fraction of sp³-hybridized carbons (Fsp3) is 0.857. The van der Waals surface area contributed by atoms with Crippen LogP contribution in [0.5, 0.6) is 0 Å². The Morgan fingerprint density at radius 1 is 1.05 bits per heavy atom. The van der Waals surface area contributed by atoms with Gasteiger partial charge < -0.3 is 0 Å². The average Bonchev–Trinajstić information content (AvgIpc) is 2.82. The summed E-state index contributed by atoms with van der Waals surface area (Å²) in [5, 5.41) is 0. The van der Waals surface area contributed by atoms with Gasteiger partial charge >= 0.3 is 0 Å². The van der Waals surface area contributed by atoms with Crippen molar-refractivity contribution in [2.45, 2.75) is 71.6 Å². The molecular weight excluding hydrogens is 268 g/mol. The number of carbonyl (C=O) groups excluding carboxylic acids is 1. The Labute approximate surface area is 135 Å². The third-order valence-electron chi connectivity index (χ3n) is 8.75. The van der Waals surface area contributed by atoms with Crippen molar-refractivity contribution in [2.75, 3.05) is 0 Å². The first kappa shape index (κ1) is 15.0. The molecule has 7 atom stereocenters. The van der Waals surface area contributed by atoms with E-state index in [0.29, 0.717) is 17.1 Å². The quantitative estimate of drug-likeness (QED) is 0.592. The Kier molecular flexibility index (Phi) is 3.37. The highest BCUT2D eigenvalue weighted by molar-refractivity contribution is 5.87. The van der Waals surface area contributed by atoms with Crippen molar-refractivity contribution in [1.82, 2.24) is 0 Å². The van der Waals surface area contributed by atoms with Gasteiger partial charge in [0, 0.05) is 11.8 Å². The molecule has 4 rings (SSSR count).